The van der Waals surface area contributed by atoms with E-state index in [0.29, 0.717) is 39.1 Å². The molecule has 1 aromatic carbocycles. The lowest BCUT2D eigenvalue weighted by molar-refractivity contribution is -0.145. The zero-order valence-electron chi connectivity index (χ0n) is 19.8. The lowest BCUT2D eigenvalue weighted by Crippen LogP contribution is -2.45. The van der Waals surface area contributed by atoms with E-state index in [1.54, 1.807) is 12.1 Å². The molecule has 3 heterocycles. The number of ether oxygens (including phenoxy) is 1. The summed E-state index contributed by atoms with van der Waals surface area (Å²) in [5, 5.41) is 7.01. The number of nitrogens with one attached hydrogen (secondary N) is 2. The summed E-state index contributed by atoms with van der Waals surface area (Å²) in [4.78, 5) is 37.0. The molecule has 0 radical (unpaired) electrons. The van der Waals surface area contributed by atoms with E-state index in [4.69, 9.17) is 16.3 Å². The van der Waals surface area contributed by atoms with Gasteiger partial charge in [-0.25, -0.2) is 14.4 Å². The molecule has 2 N–H and O–H groups in total. The Morgan fingerprint density at radius 2 is 2.06 bits per heavy atom. The van der Waals surface area contributed by atoms with Crippen LogP contribution in [-0.4, -0.2) is 59.0 Å². The van der Waals surface area contributed by atoms with Crippen molar-refractivity contribution < 1.29 is 18.7 Å². The van der Waals surface area contributed by atoms with Crippen molar-refractivity contribution >= 4 is 56.5 Å². The van der Waals surface area contributed by atoms with E-state index < -0.39 is 5.82 Å². The summed E-state index contributed by atoms with van der Waals surface area (Å²) in [5.74, 6) is 0.270. The van der Waals surface area contributed by atoms with E-state index in [-0.39, 0.29) is 28.9 Å². The summed E-state index contributed by atoms with van der Waals surface area (Å²) in [6.07, 6.45) is 4.07. The number of aromatic nitrogens is 2. The van der Waals surface area contributed by atoms with Gasteiger partial charge in [0.1, 0.15) is 22.8 Å². The second kappa shape index (κ2) is 10.7. The molecule has 1 saturated heterocycles. The van der Waals surface area contributed by atoms with Crippen molar-refractivity contribution in [2.24, 2.45) is 11.8 Å². The summed E-state index contributed by atoms with van der Waals surface area (Å²) in [7, 11) is 0. The average molecular weight is 532 g/mol. The number of anilines is 2. The number of benzene rings is 1. The number of fused-ring (bicyclic) bond motifs is 1. The van der Waals surface area contributed by atoms with E-state index in [2.05, 4.69) is 25.5 Å². The van der Waals surface area contributed by atoms with Gasteiger partial charge in [-0.1, -0.05) is 11.6 Å². The van der Waals surface area contributed by atoms with Crippen LogP contribution in [0.5, 0.6) is 0 Å². The van der Waals surface area contributed by atoms with Gasteiger partial charge in [-0.3, -0.25) is 9.59 Å². The van der Waals surface area contributed by atoms with Crippen LogP contribution in [0.2, 0.25) is 5.02 Å². The van der Waals surface area contributed by atoms with Crippen LogP contribution in [0.3, 0.4) is 0 Å². The van der Waals surface area contributed by atoms with E-state index in [0.717, 1.165) is 38.9 Å². The highest BCUT2D eigenvalue weighted by Gasteiger charge is 2.45. The standard InChI is InChI=1S/C25H27ClFN5O3S/c1-2-35-25(34)17-9-14(17)12-32-7-5-15(6-8-32)31-23(33)21-11-18-22(28-13-29-24(18)36-21)30-16-3-4-20(27)19(26)10-16/h3-4,10-11,13-15,17H,2,5-9,12H2,1H3,(H,31,33)(H,28,29,30). The Labute approximate surface area is 217 Å². The maximum atomic E-state index is 13.5. The van der Waals surface area contributed by atoms with Gasteiger partial charge in [-0.05, 0) is 56.4 Å². The van der Waals surface area contributed by atoms with Gasteiger partial charge in [0, 0.05) is 31.4 Å². The molecule has 5 rings (SSSR count). The van der Waals surface area contributed by atoms with Crippen LogP contribution < -0.4 is 10.6 Å². The molecule has 1 saturated carbocycles. The normalized spacial score (nSPS) is 20.3. The number of carbonyl (C=O) groups excluding carboxylic acids is 2. The number of carbonyl (C=O) groups is 2. The van der Waals surface area contributed by atoms with Crippen molar-refractivity contribution in [3.63, 3.8) is 0 Å². The number of rotatable bonds is 8. The van der Waals surface area contributed by atoms with Crippen molar-refractivity contribution in [1.29, 1.82) is 0 Å². The lowest BCUT2D eigenvalue weighted by Gasteiger charge is -2.32. The van der Waals surface area contributed by atoms with E-state index in [1.165, 1.54) is 29.8 Å². The first-order valence-electron chi connectivity index (χ1n) is 12.1. The Kier molecular flexibility index (Phi) is 7.36. The number of thiophene rings is 1. The highest BCUT2D eigenvalue weighted by atomic mass is 35.5. The molecule has 36 heavy (non-hydrogen) atoms. The molecule has 2 unspecified atom stereocenters. The molecule has 1 amide bonds. The van der Waals surface area contributed by atoms with Gasteiger partial charge in [0.05, 0.1) is 27.8 Å². The molecule has 2 atom stereocenters. The molecule has 190 valence electrons. The van der Waals surface area contributed by atoms with Gasteiger partial charge in [0.25, 0.3) is 5.91 Å². The first-order chi connectivity index (χ1) is 17.4. The number of halogens is 2. The number of esters is 1. The molecule has 1 aliphatic carbocycles. The monoisotopic (exact) mass is 531 g/mol. The van der Waals surface area contributed by atoms with Crippen molar-refractivity contribution in [2.75, 3.05) is 31.6 Å². The summed E-state index contributed by atoms with van der Waals surface area (Å²) >= 11 is 7.19. The zero-order valence-corrected chi connectivity index (χ0v) is 21.4. The quantitative estimate of drug-likeness (QED) is 0.409. The molecule has 2 aliphatic rings. The molecule has 0 bridgehead atoms. The molecule has 11 heteroatoms. The van der Waals surface area contributed by atoms with E-state index in [1.807, 2.05) is 6.92 Å². The molecule has 1 aliphatic heterocycles. The van der Waals surface area contributed by atoms with Crippen LogP contribution in [0.25, 0.3) is 10.2 Å². The molecule has 0 spiro atoms. The predicted molar refractivity (Wildman–Crippen MR) is 137 cm³/mol. The molecule has 8 nitrogen and oxygen atoms in total. The molecular weight excluding hydrogens is 505 g/mol. The third-order valence-corrected chi connectivity index (χ3v) is 7.99. The van der Waals surface area contributed by atoms with E-state index in [9.17, 15) is 14.0 Å². The third-order valence-electron chi connectivity index (χ3n) is 6.66. The van der Waals surface area contributed by atoms with Gasteiger partial charge in [-0.15, -0.1) is 11.3 Å². The first-order valence-corrected chi connectivity index (χ1v) is 13.3. The minimum Gasteiger partial charge on any atom is -0.466 e. The van der Waals surface area contributed by atoms with Gasteiger partial charge >= 0.3 is 5.97 Å². The third kappa shape index (κ3) is 5.61. The van der Waals surface area contributed by atoms with E-state index >= 15 is 0 Å². The Hall–Kier alpha value is -2.82. The highest BCUT2D eigenvalue weighted by molar-refractivity contribution is 7.20. The Balaban J connectivity index is 1.16. The fourth-order valence-electron chi connectivity index (χ4n) is 4.61. The number of hydrogen-bond acceptors (Lipinski definition) is 8. The Morgan fingerprint density at radius 1 is 1.25 bits per heavy atom. The number of nitrogens with zero attached hydrogens (tertiary/aromatic N) is 3. The fourth-order valence-corrected chi connectivity index (χ4v) is 5.70. The van der Waals surface area contributed by atoms with Crippen LogP contribution in [0.4, 0.5) is 15.9 Å². The van der Waals surface area contributed by atoms with Crippen molar-refractivity contribution in [2.45, 2.75) is 32.2 Å². The summed E-state index contributed by atoms with van der Waals surface area (Å²) in [6, 6.07) is 6.22. The molecule has 2 fully saturated rings. The maximum absolute atomic E-state index is 13.5. The van der Waals surface area contributed by atoms with Crippen LogP contribution in [0.15, 0.2) is 30.6 Å². The molecular formula is C25H27ClFN5O3S. The van der Waals surface area contributed by atoms with Gasteiger partial charge in [0.2, 0.25) is 0 Å². The zero-order chi connectivity index (χ0) is 25.2. The second-order valence-electron chi connectivity index (χ2n) is 9.21. The highest BCUT2D eigenvalue weighted by Crippen LogP contribution is 2.40. The van der Waals surface area contributed by atoms with Gasteiger partial charge in [0.15, 0.2) is 0 Å². The topological polar surface area (TPSA) is 96.5 Å². The molecule has 2 aromatic heterocycles. The SMILES string of the molecule is CCOC(=O)C1CC1CN1CCC(NC(=O)c2cc3c(Nc4ccc(F)c(Cl)c4)ncnc3s2)CC1. The second-order valence-corrected chi connectivity index (χ2v) is 10.6. The molecule has 3 aromatic rings. The van der Waals surface area contributed by atoms with Crippen LogP contribution in [0.1, 0.15) is 35.9 Å². The Morgan fingerprint density at radius 3 is 2.81 bits per heavy atom. The Bertz CT molecular complexity index is 1280. The lowest BCUT2D eigenvalue weighted by atomic mass is 10.0. The minimum atomic E-state index is -0.496. The summed E-state index contributed by atoms with van der Waals surface area (Å²) in [5.41, 5.74) is 0.588. The largest absolute Gasteiger partial charge is 0.466 e. The number of hydrogen-bond donors (Lipinski definition) is 2. The smallest absolute Gasteiger partial charge is 0.309 e. The van der Waals surface area contributed by atoms with Crippen LogP contribution >= 0.6 is 22.9 Å². The fraction of sp³-hybridized carbons (Fsp3) is 0.440. The van der Waals surface area contributed by atoms with Gasteiger partial charge < -0.3 is 20.3 Å². The summed E-state index contributed by atoms with van der Waals surface area (Å²) in [6.45, 7) is 4.96. The van der Waals surface area contributed by atoms with Crippen molar-refractivity contribution in [3.8, 4) is 0 Å². The first kappa shape index (κ1) is 24.9. The summed E-state index contributed by atoms with van der Waals surface area (Å²) < 4.78 is 18.6. The number of likely N-dealkylation sites (tertiary alicyclic amines) is 1. The van der Waals surface area contributed by atoms with Gasteiger partial charge in [-0.2, -0.15) is 0 Å². The van der Waals surface area contributed by atoms with Crippen molar-refractivity contribution in [1.82, 2.24) is 20.2 Å². The minimum absolute atomic E-state index is 0.0117. The number of amides is 1. The van der Waals surface area contributed by atoms with Crippen molar-refractivity contribution in [3.05, 3.63) is 46.3 Å². The predicted octanol–water partition coefficient (Wildman–Crippen LogP) is 4.62. The number of piperidine rings is 1. The van der Waals surface area contributed by atoms with Crippen LogP contribution in [0, 0.1) is 17.7 Å². The average Bonchev–Trinajstić information content (AvgIpc) is 3.48. The maximum Gasteiger partial charge on any atom is 0.309 e. The van der Waals surface area contributed by atoms with Crippen LogP contribution in [-0.2, 0) is 9.53 Å².